The zero-order chi connectivity index (χ0) is 15.7. The van der Waals surface area contributed by atoms with E-state index < -0.39 is 9.84 Å². The molecule has 4 nitrogen and oxygen atoms in total. The van der Waals surface area contributed by atoms with Gasteiger partial charge < -0.3 is 5.32 Å². The van der Waals surface area contributed by atoms with Crippen molar-refractivity contribution in [3.8, 4) is 0 Å². The number of aryl methyl sites for hydroxylation is 1. The van der Waals surface area contributed by atoms with E-state index in [0.29, 0.717) is 18.1 Å². The van der Waals surface area contributed by atoms with Gasteiger partial charge in [-0.25, -0.2) is 8.42 Å². The number of anilines is 1. The third-order valence-corrected chi connectivity index (χ3v) is 6.28. The van der Waals surface area contributed by atoms with Crippen molar-refractivity contribution < 1.29 is 8.42 Å². The number of nitrogens with zero attached hydrogens (tertiary/aromatic N) is 1. The fourth-order valence-electron chi connectivity index (χ4n) is 3.29. The van der Waals surface area contributed by atoms with Gasteiger partial charge in [-0.3, -0.25) is 4.98 Å². The van der Waals surface area contributed by atoms with Gasteiger partial charge in [0.05, 0.1) is 17.0 Å². The van der Waals surface area contributed by atoms with Gasteiger partial charge in [0.1, 0.15) is 0 Å². The van der Waals surface area contributed by atoms with Crippen molar-refractivity contribution in [2.24, 2.45) is 5.92 Å². The summed E-state index contributed by atoms with van der Waals surface area (Å²) in [6.45, 7) is 4.88. The molecule has 22 heavy (non-hydrogen) atoms. The van der Waals surface area contributed by atoms with Crippen molar-refractivity contribution in [3.05, 3.63) is 35.5 Å². The molecule has 0 bridgehead atoms. The van der Waals surface area contributed by atoms with E-state index in [1.54, 1.807) is 0 Å². The summed E-state index contributed by atoms with van der Waals surface area (Å²) in [5.74, 6) is 0.849. The van der Waals surface area contributed by atoms with E-state index >= 15 is 0 Å². The summed E-state index contributed by atoms with van der Waals surface area (Å²) in [4.78, 5) is 4.67. The first kappa shape index (κ1) is 15.3. The molecule has 0 radical (unpaired) electrons. The van der Waals surface area contributed by atoms with Crippen LogP contribution >= 0.6 is 0 Å². The van der Waals surface area contributed by atoms with Crippen LogP contribution in [-0.4, -0.2) is 31.5 Å². The van der Waals surface area contributed by atoms with Crippen molar-refractivity contribution in [1.82, 2.24) is 4.98 Å². The Kier molecular flexibility index (Phi) is 4.08. The molecule has 5 heteroatoms. The number of pyridine rings is 1. The quantitative estimate of drug-likeness (QED) is 0.941. The summed E-state index contributed by atoms with van der Waals surface area (Å²) in [7, 11) is -2.82. The molecule has 0 aliphatic carbocycles. The standard InChI is InChI=1S/C17H22N2O2S/c1-3-14-12(2)19-16-7-5-4-6-15(16)17(14)18-10-13-8-9-22(20,21)11-13/h4-7,13H,3,8-11H2,1-2H3,(H,18,19)/t13-/m1/s1. The molecule has 1 aromatic carbocycles. The lowest BCUT2D eigenvalue weighted by atomic mass is 10.0. The molecule has 1 aliphatic rings. The number of aromatic nitrogens is 1. The van der Waals surface area contributed by atoms with Crippen LogP contribution in [0.3, 0.4) is 0 Å². The predicted molar refractivity (Wildman–Crippen MR) is 91.1 cm³/mol. The van der Waals surface area contributed by atoms with Crippen LogP contribution in [0.2, 0.25) is 0 Å². The highest BCUT2D eigenvalue weighted by Crippen LogP contribution is 2.30. The Hall–Kier alpha value is -1.62. The van der Waals surface area contributed by atoms with E-state index in [0.717, 1.165) is 35.1 Å². The van der Waals surface area contributed by atoms with E-state index in [-0.39, 0.29) is 5.92 Å². The third-order valence-electron chi connectivity index (χ3n) is 4.45. The molecule has 3 rings (SSSR count). The lowest BCUT2D eigenvalue weighted by molar-refractivity contribution is 0.596. The third kappa shape index (κ3) is 2.95. The Balaban J connectivity index is 1.92. The van der Waals surface area contributed by atoms with Gasteiger partial charge in [0.2, 0.25) is 0 Å². The lowest BCUT2D eigenvalue weighted by Crippen LogP contribution is -2.17. The fraction of sp³-hybridized carbons (Fsp3) is 0.471. The van der Waals surface area contributed by atoms with Gasteiger partial charge in [-0.1, -0.05) is 25.1 Å². The van der Waals surface area contributed by atoms with E-state index in [4.69, 9.17) is 0 Å². The van der Waals surface area contributed by atoms with Gasteiger partial charge in [0.15, 0.2) is 9.84 Å². The number of rotatable bonds is 4. The minimum Gasteiger partial charge on any atom is -0.384 e. The molecule has 1 aromatic heterocycles. The monoisotopic (exact) mass is 318 g/mol. The summed E-state index contributed by atoms with van der Waals surface area (Å²) in [5.41, 5.74) is 4.37. The van der Waals surface area contributed by atoms with Crippen molar-refractivity contribution in [1.29, 1.82) is 0 Å². The Bertz CT molecular complexity index is 800. The highest BCUT2D eigenvalue weighted by Gasteiger charge is 2.27. The van der Waals surface area contributed by atoms with Crippen LogP contribution in [0.15, 0.2) is 24.3 Å². The maximum absolute atomic E-state index is 11.6. The molecular formula is C17H22N2O2S. The van der Waals surface area contributed by atoms with Crippen LogP contribution in [0.5, 0.6) is 0 Å². The highest BCUT2D eigenvalue weighted by molar-refractivity contribution is 7.91. The summed E-state index contributed by atoms with van der Waals surface area (Å²) < 4.78 is 23.2. The second kappa shape index (κ2) is 5.88. The molecule has 2 heterocycles. The first-order valence-electron chi connectivity index (χ1n) is 7.82. The fourth-order valence-corrected chi connectivity index (χ4v) is 5.15. The largest absolute Gasteiger partial charge is 0.384 e. The zero-order valence-corrected chi connectivity index (χ0v) is 13.9. The molecule has 0 amide bonds. The smallest absolute Gasteiger partial charge is 0.150 e. The lowest BCUT2D eigenvalue weighted by Gasteiger charge is -2.18. The van der Waals surface area contributed by atoms with Crippen molar-refractivity contribution in [2.75, 3.05) is 23.4 Å². The average molecular weight is 318 g/mol. The van der Waals surface area contributed by atoms with E-state index in [2.05, 4.69) is 23.3 Å². The SMILES string of the molecule is CCc1c(C)nc2ccccc2c1NC[C@H]1CCS(=O)(=O)C1. The molecule has 2 aromatic rings. The van der Waals surface area contributed by atoms with Gasteiger partial charge in [-0.05, 0) is 37.3 Å². The van der Waals surface area contributed by atoms with Crippen LogP contribution in [-0.2, 0) is 16.3 Å². The molecule has 1 aliphatic heterocycles. The van der Waals surface area contributed by atoms with Crippen LogP contribution in [0.4, 0.5) is 5.69 Å². The molecule has 1 N–H and O–H groups in total. The molecule has 0 unspecified atom stereocenters. The minimum absolute atomic E-state index is 0.210. The van der Waals surface area contributed by atoms with Crippen molar-refractivity contribution in [3.63, 3.8) is 0 Å². The highest BCUT2D eigenvalue weighted by atomic mass is 32.2. The number of benzene rings is 1. The molecule has 1 saturated heterocycles. The average Bonchev–Trinajstić information content (AvgIpc) is 2.83. The van der Waals surface area contributed by atoms with Gasteiger partial charge in [0.25, 0.3) is 0 Å². The summed E-state index contributed by atoms with van der Waals surface area (Å²) >= 11 is 0. The molecule has 0 spiro atoms. The Labute approximate surface area is 131 Å². The first-order chi connectivity index (χ1) is 10.5. The van der Waals surface area contributed by atoms with E-state index in [1.165, 1.54) is 5.56 Å². The topological polar surface area (TPSA) is 59.1 Å². The number of para-hydroxylation sites is 1. The zero-order valence-electron chi connectivity index (χ0n) is 13.1. The number of hydrogen-bond donors (Lipinski definition) is 1. The van der Waals surface area contributed by atoms with Crippen LogP contribution in [0.25, 0.3) is 10.9 Å². The van der Waals surface area contributed by atoms with Crippen LogP contribution in [0.1, 0.15) is 24.6 Å². The summed E-state index contributed by atoms with van der Waals surface area (Å²) in [6.07, 6.45) is 1.67. The number of sulfone groups is 1. The number of fused-ring (bicyclic) bond motifs is 1. The summed E-state index contributed by atoms with van der Waals surface area (Å²) in [6, 6.07) is 8.11. The van der Waals surface area contributed by atoms with Crippen LogP contribution in [0, 0.1) is 12.8 Å². The molecule has 118 valence electrons. The number of nitrogens with one attached hydrogen (secondary N) is 1. The molecule has 0 saturated carbocycles. The van der Waals surface area contributed by atoms with Crippen LogP contribution < -0.4 is 5.32 Å². The van der Waals surface area contributed by atoms with Crippen molar-refractivity contribution >= 4 is 26.4 Å². The molecule has 1 atom stereocenters. The second-order valence-electron chi connectivity index (χ2n) is 6.07. The Morgan fingerprint density at radius 3 is 2.77 bits per heavy atom. The predicted octanol–water partition coefficient (Wildman–Crippen LogP) is 2.95. The Morgan fingerprint density at radius 2 is 2.09 bits per heavy atom. The maximum atomic E-state index is 11.6. The van der Waals surface area contributed by atoms with Gasteiger partial charge in [-0.2, -0.15) is 0 Å². The summed E-state index contributed by atoms with van der Waals surface area (Å²) in [5, 5.41) is 4.64. The van der Waals surface area contributed by atoms with E-state index in [1.807, 2.05) is 25.1 Å². The minimum atomic E-state index is -2.82. The Morgan fingerprint density at radius 1 is 1.32 bits per heavy atom. The van der Waals surface area contributed by atoms with Gasteiger partial charge in [-0.15, -0.1) is 0 Å². The van der Waals surface area contributed by atoms with E-state index in [9.17, 15) is 8.42 Å². The molecule has 1 fully saturated rings. The van der Waals surface area contributed by atoms with Gasteiger partial charge >= 0.3 is 0 Å². The first-order valence-corrected chi connectivity index (χ1v) is 9.65. The maximum Gasteiger partial charge on any atom is 0.150 e. The van der Waals surface area contributed by atoms with Gasteiger partial charge in [0, 0.05) is 23.3 Å². The molecular weight excluding hydrogens is 296 g/mol. The number of hydrogen-bond acceptors (Lipinski definition) is 4. The second-order valence-corrected chi connectivity index (χ2v) is 8.30. The van der Waals surface area contributed by atoms with Crippen molar-refractivity contribution in [2.45, 2.75) is 26.7 Å². The normalized spacial score (nSPS) is 20.4.